The first kappa shape index (κ1) is 8.72. The molecule has 64 valence electrons. The number of nitrogens with zero attached hydrogens (tertiary/aromatic N) is 4. The monoisotopic (exact) mass is 164 g/mol. The van der Waals surface area contributed by atoms with Gasteiger partial charge in [0.1, 0.15) is 0 Å². The lowest BCUT2D eigenvalue weighted by molar-refractivity contribution is 0.514. The van der Waals surface area contributed by atoms with Crippen molar-refractivity contribution in [3.05, 3.63) is 11.9 Å². The maximum atomic E-state index is 8.61. The fraction of sp³-hybridized carbons (Fsp3) is 0.625. The summed E-state index contributed by atoms with van der Waals surface area (Å²) in [6.07, 6.45) is 1.82. The molecule has 1 atom stereocenters. The number of nitriles is 1. The van der Waals surface area contributed by atoms with Crippen LogP contribution in [0.1, 0.15) is 38.4 Å². The van der Waals surface area contributed by atoms with Gasteiger partial charge in [0.05, 0.1) is 23.9 Å². The Hall–Kier alpha value is -1.37. The van der Waals surface area contributed by atoms with E-state index in [1.54, 1.807) is 4.68 Å². The van der Waals surface area contributed by atoms with Crippen molar-refractivity contribution in [3.8, 4) is 6.07 Å². The summed E-state index contributed by atoms with van der Waals surface area (Å²) in [6.45, 7) is 5.86. The first-order valence-corrected chi connectivity index (χ1v) is 3.96. The first-order chi connectivity index (χ1) is 5.65. The summed E-state index contributed by atoms with van der Waals surface area (Å²) < 4.78 is 1.75. The van der Waals surface area contributed by atoms with E-state index in [0.717, 1.165) is 5.69 Å². The van der Waals surface area contributed by atoms with Gasteiger partial charge in [-0.05, 0) is 20.8 Å². The summed E-state index contributed by atoms with van der Waals surface area (Å²) in [5, 5.41) is 16.4. The van der Waals surface area contributed by atoms with Crippen LogP contribution in [0, 0.1) is 11.3 Å². The van der Waals surface area contributed by atoms with Gasteiger partial charge in [-0.15, -0.1) is 5.10 Å². The van der Waals surface area contributed by atoms with E-state index in [1.165, 1.54) is 0 Å². The van der Waals surface area contributed by atoms with Crippen LogP contribution in [0.2, 0.25) is 0 Å². The Kier molecular flexibility index (Phi) is 2.44. The van der Waals surface area contributed by atoms with E-state index in [9.17, 15) is 0 Å². The van der Waals surface area contributed by atoms with Gasteiger partial charge in [-0.3, -0.25) is 0 Å². The Morgan fingerprint density at radius 2 is 2.17 bits per heavy atom. The highest BCUT2D eigenvalue weighted by molar-refractivity contribution is 5.09. The minimum atomic E-state index is -0.169. The Morgan fingerprint density at radius 1 is 1.50 bits per heavy atom. The van der Waals surface area contributed by atoms with E-state index in [1.807, 2.05) is 27.0 Å². The van der Waals surface area contributed by atoms with E-state index in [2.05, 4.69) is 16.4 Å². The Balaban J connectivity index is 2.86. The minimum Gasteiger partial charge on any atom is -0.250 e. The summed E-state index contributed by atoms with van der Waals surface area (Å²) in [6, 6.07) is 2.42. The van der Waals surface area contributed by atoms with E-state index in [4.69, 9.17) is 5.26 Å². The molecule has 0 aliphatic rings. The van der Waals surface area contributed by atoms with E-state index >= 15 is 0 Å². The molecule has 0 aliphatic carbocycles. The van der Waals surface area contributed by atoms with Crippen LogP contribution in [0.4, 0.5) is 0 Å². The van der Waals surface area contributed by atoms with E-state index < -0.39 is 0 Å². The summed E-state index contributed by atoms with van der Waals surface area (Å²) in [4.78, 5) is 0. The lowest BCUT2D eigenvalue weighted by atomic mass is 10.1. The van der Waals surface area contributed by atoms with Crippen LogP contribution in [-0.4, -0.2) is 15.0 Å². The second-order valence-electron chi connectivity index (χ2n) is 3.07. The van der Waals surface area contributed by atoms with E-state index in [-0.39, 0.29) is 5.92 Å². The van der Waals surface area contributed by atoms with Gasteiger partial charge >= 0.3 is 0 Å². The van der Waals surface area contributed by atoms with Gasteiger partial charge in [0.2, 0.25) is 0 Å². The number of aromatic nitrogens is 3. The Morgan fingerprint density at radius 3 is 2.58 bits per heavy atom. The van der Waals surface area contributed by atoms with Gasteiger partial charge in [0.25, 0.3) is 0 Å². The summed E-state index contributed by atoms with van der Waals surface area (Å²) in [5.41, 5.74) is 0.742. The molecule has 1 heterocycles. The molecule has 0 N–H and O–H groups in total. The zero-order chi connectivity index (χ0) is 9.14. The van der Waals surface area contributed by atoms with Crippen molar-refractivity contribution in [2.24, 2.45) is 0 Å². The third kappa shape index (κ3) is 1.62. The smallest absolute Gasteiger partial charge is 0.0995 e. The van der Waals surface area contributed by atoms with Crippen LogP contribution in [0.15, 0.2) is 6.20 Å². The summed E-state index contributed by atoms with van der Waals surface area (Å²) in [7, 11) is 0. The van der Waals surface area contributed by atoms with Gasteiger partial charge in [-0.25, -0.2) is 4.68 Å². The molecule has 0 aliphatic heterocycles. The molecule has 4 heteroatoms. The lowest BCUT2D eigenvalue weighted by Crippen LogP contribution is -2.00. The molecule has 0 spiro atoms. The second-order valence-corrected chi connectivity index (χ2v) is 3.07. The molecule has 4 nitrogen and oxygen atoms in total. The highest BCUT2D eigenvalue weighted by Crippen LogP contribution is 2.11. The minimum absolute atomic E-state index is 0.169. The second kappa shape index (κ2) is 3.35. The molecule has 1 aromatic heterocycles. The predicted molar refractivity (Wildman–Crippen MR) is 44.4 cm³/mol. The third-order valence-electron chi connectivity index (χ3n) is 1.69. The maximum Gasteiger partial charge on any atom is 0.0995 e. The van der Waals surface area contributed by atoms with Gasteiger partial charge in [0.15, 0.2) is 0 Å². The molecule has 1 unspecified atom stereocenters. The van der Waals surface area contributed by atoms with Crippen LogP contribution in [0.3, 0.4) is 0 Å². The molecule has 1 aromatic rings. The zero-order valence-electron chi connectivity index (χ0n) is 7.52. The molecule has 12 heavy (non-hydrogen) atoms. The number of rotatable bonds is 2. The highest BCUT2D eigenvalue weighted by atomic mass is 15.4. The predicted octanol–water partition coefficient (Wildman–Crippen LogP) is 1.49. The molecule has 0 fully saturated rings. The van der Waals surface area contributed by atoms with Crippen LogP contribution in [0.5, 0.6) is 0 Å². The van der Waals surface area contributed by atoms with Crippen LogP contribution in [-0.2, 0) is 0 Å². The Bertz CT molecular complexity index is 294. The molecule has 0 saturated carbocycles. The van der Waals surface area contributed by atoms with Crippen molar-refractivity contribution >= 4 is 0 Å². The zero-order valence-corrected chi connectivity index (χ0v) is 7.52. The first-order valence-electron chi connectivity index (χ1n) is 3.96. The quantitative estimate of drug-likeness (QED) is 0.665. The fourth-order valence-electron chi connectivity index (χ4n) is 0.807. The third-order valence-corrected chi connectivity index (χ3v) is 1.69. The molecular formula is C8H12N4. The molecule has 0 aromatic carbocycles. The largest absolute Gasteiger partial charge is 0.250 e. The van der Waals surface area contributed by atoms with Crippen LogP contribution >= 0.6 is 0 Å². The van der Waals surface area contributed by atoms with Gasteiger partial charge in [-0.1, -0.05) is 5.21 Å². The standard InChI is InChI=1S/C8H12N4/c1-6(2)12-5-8(10-11-12)7(3)4-9/h5-7H,1-3H3. The molecule has 0 bridgehead atoms. The lowest BCUT2D eigenvalue weighted by Gasteiger charge is -2.01. The number of hydrogen-bond acceptors (Lipinski definition) is 3. The average molecular weight is 164 g/mol. The molecule has 0 radical (unpaired) electrons. The van der Waals surface area contributed by atoms with Crippen LogP contribution < -0.4 is 0 Å². The maximum absolute atomic E-state index is 8.61. The molecule has 0 saturated heterocycles. The van der Waals surface area contributed by atoms with Gasteiger partial charge in [-0.2, -0.15) is 5.26 Å². The topological polar surface area (TPSA) is 54.5 Å². The molecule has 1 rings (SSSR count). The van der Waals surface area contributed by atoms with Crippen LogP contribution in [0.25, 0.3) is 0 Å². The molecular weight excluding hydrogens is 152 g/mol. The van der Waals surface area contributed by atoms with Crippen molar-refractivity contribution in [2.45, 2.75) is 32.7 Å². The average Bonchev–Trinajstić information content (AvgIpc) is 2.51. The summed E-state index contributed by atoms with van der Waals surface area (Å²) >= 11 is 0. The van der Waals surface area contributed by atoms with Crippen molar-refractivity contribution < 1.29 is 0 Å². The van der Waals surface area contributed by atoms with Crippen molar-refractivity contribution in [1.82, 2.24) is 15.0 Å². The van der Waals surface area contributed by atoms with Crippen molar-refractivity contribution in [1.29, 1.82) is 5.26 Å². The Labute approximate surface area is 71.8 Å². The SMILES string of the molecule is CC(C#N)c1cn(C(C)C)nn1. The van der Waals surface area contributed by atoms with Crippen molar-refractivity contribution in [2.75, 3.05) is 0 Å². The van der Waals surface area contributed by atoms with Crippen molar-refractivity contribution in [3.63, 3.8) is 0 Å². The summed E-state index contributed by atoms with van der Waals surface area (Å²) in [5.74, 6) is -0.169. The highest BCUT2D eigenvalue weighted by Gasteiger charge is 2.09. The van der Waals surface area contributed by atoms with E-state index in [0.29, 0.717) is 6.04 Å². The van der Waals surface area contributed by atoms with Gasteiger partial charge in [0, 0.05) is 6.04 Å². The van der Waals surface area contributed by atoms with Gasteiger partial charge < -0.3 is 0 Å². The fourth-order valence-corrected chi connectivity index (χ4v) is 0.807. The number of hydrogen-bond donors (Lipinski definition) is 0. The molecule has 0 amide bonds. The normalized spacial score (nSPS) is 12.9.